The number of benzene rings is 2. The van der Waals surface area contributed by atoms with E-state index in [4.69, 9.17) is 15.5 Å². The second kappa shape index (κ2) is 8.45. The van der Waals surface area contributed by atoms with Crippen LogP contribution in [0, 0.1) is 0 Å². The predicted molar refractivity (Wildman–Crippen MR) is 124 cm³/mol. The van der Waals surface area contributed by atoms with Crippen molar-refractivity contribution >= 4 is 17.0 Å². The standard InChI is InChI=1S/C24H23N5OS/c1-30-20-8-4-17(5-9-20)24-27-13-21(31-24)15-29-11-10-22-18(14-29)12-26-23(28-22)16-2-6-19(25)7-3-16/h2-9,12-13H,10-11,14-15,25H2,1H3. The van der Waals surface area contributed by atoms with Gasteiger partial charge in [-0.2, -0.15) is 0 Å². The third-order valence-corrected chi connectivity index (χ3v) is 6.48. The Bertz CT molecular complexity index is 1190. The van der Waals surface area contributed by atoms with E-state index >= 15 is 0 Å². The van der Waals surface area contributed by atoms with Gasteiger partial charge in [0.05, 0.1) is 12.8 Å². The van der Waals surface area contributed by atoms with Gasteiger partial charge < -0.3 is 10.5 Å². The quantitative estimate of drug-likeness (QED) is 0.473. The van der Waals surface area contributed by atoms with Crippen LogP contribution in [0.4, 0.5) is 5.69 Å². The number of fused-ring (bicyclic) bond motifs is 1. The third kappa shape index (κ3) is 4.28. The highest BCUT2D eigenvalue weighted by Gasteiger charge is 2.20. The molecule has 0 amide bonds. The van der Waals surface area contributed by atoms with E-state index in [1.54, 1.807) is 18.4 Å². The summed E-state index contributed by atoms with van der Waals surface area (Å²) in [5.41, 5.74) is 11.0. The minimum atomic E-state index is 0.746. The van der Waals surface area contributed by atoms with Crippen LogP contribution in [-0.2, 0) is 19.5 Å². The Hall–Kier alpha value is -3.29. The Morgan fingerprint density at radius 3 is 2.55 bits per heavy atom. The van der Waals surface area contributed by atoms with E-state index in [1.165, 1.54) is 10.4 Å². The molecule has 0 radical (unpaired) electrons. The number of nitrogen functional groups attached to an aromatic ring is 1. The zero-order chi connectivity index (χ0) is 21.2. The molecular formula is C24H23N5OS. The van der Waals surface area contributed by atoms with Crippen LogP contribution in [0.2, 0.25) is 0 Å². The van der Waals surface area contributed by atoms with Crippen molar-refractivity contribution in [3.63, 3.8) is 0 Å². The van der Waals surface area contributed by atoms with E-state index in [0.717, 1.165) is 65.1 Å². The van der Waals surface area contributed by atoms with Gasteiger partial charge in [-0.25, -0.2) is 15.0 Å². The molecule has 6 nitrogen and oxygen atoms in total. The highest BCUT2D eigenvalue weighted by molar-refractivity contribution is 7.15. The molecule has 5 rings (SSSR count). The molecule has 0 bridgehead atoms. The van der Waals surface area contributed by atoms with Crippen LogP contribution in [0.25, 0.3) is 22.0 Å². The van der Waals surface area contributed by atoms with Gasteiger partial charge in [0.1, 0.15) is 10.8 Å². The zero-order valence-corrected chi connectivity index (χ0v) is 18.1. The fraction of sp³-hybridized carbons (Fsp3) is 0.208. The summed E-state index contributed by atoms with van der Waals surface area (Å²) in [4.78, 5) is 17.7. The van der Waals surface area contributed by atoms with Gasteiger partial charge in [0.15, 0.2) is 5.82 Å². The molecule has 0 atom stereocenters. The Kier molecular flexibility index (Phi) is 5.36. The van der Waals surface area contributed by atoms with Crippen molar-refractivity contribution in [1.82, 2.24) is 19.9 Å². The van der Waals surface area contributed by atoms with E-state index in [9.17, 15) is 0 Å². The molecule has 3 heterocycles. The SMILES string of the molecule is COc1ccc(-c2ncc(CN3CCc4nc(-c5ccc(N)cc5)ncc4C3)s2)cc1. The first kappa shape index (κ1) is 19.7. The monoisotopic (exact) mass is 429 g/mol. The van der Waals surface area contributed by atoms with Crippen LogP contribution in [0.1, 0.15) is 16.1 Å². The summed E-state index contributed by atoms with van der Waals surface area (Å²) in [6, 6.07) is 15.7. The summed E-state index contributed by atoms with van der Waals surface area (Å²) in [7, 11) is 1.68. The van der Waals surface area contributed by atoms with Crippen LogP contribution >= 0.6 is 11.3 Å². The summed E-state index contributed by atoms with van der Waals surface area (Å²) in [6.07, 6.45) is 4.88. The number of anilines is 1. The largest absolute Gasteiger partial charge is 0.497 e. The molecule has 2 aromatic heterocycles. The van der Waals surface area contributed by atoms with Crippen molar-refractivity contribution in [2.75, 3.05) is 19.4 Å². The van der Waals surface area contributed by atoms with Gasteiger partial charge in [-0.3, -0.25) is 4.90 Å². The van der Waals surface area contributed by atoms with E-state index in [-0.39, 0.29) is 0 Å². The summed E-state index contributed by atoms with van der Waals surface area (Å²) in [5.74, 6) is 1.62. The molecule has 156 valence electrons. The molecular weight excluding hydrogens is 406 g/mol. The maximum absolute atomic E-state index is 5.79. The fourth-order valence-electron chi connectivity index (χ4n) is 3.75. The second-order valence-electron chi connectivity index (χ2n) is 7.61. The van der Waals surface area contributed by atoms with Gasteiger partial charge in [-0.15, -0.1) is 11.3 Å². The molecule has 0 aliphatic carbocycles. The maximum Gasteiger partial charge on any atom is 0.159 e. The molecule has 7 heteroatoms. The number of rotatable bonds is 5. The topological polar surface area (TPSA) is 77.2 Å². The number of thiazole rings is 1. The molecule has 2 aromatic carbocycles. The van der Waals surface area contributed by atoms with Gasteiger partial charge in [-0.05, 0) is 48.5 Å². The van der Waals surface area contributed by atoms with Crippen LogP contribution in [-0.4, -0.2) is 33.5 Å². The Morgan fingerprint density at radius 2 is 1.77 bits per heavy atom. The average molecular weight is 430 g/mol. The highest BCUT2D eigenvalue weighted by atomic mass is 32.1. The summed E-state index contributed by atoms with van der Waals surface area (Å²) in [5, 5.41) is 1.03. The third-order valence-electron chi connectivity index (χ3n) is 5.45. The molecule has 1 aliphatic rings. The minimum absolute atomic E-state index is 0.746. The van der Waals surface area contributed by atoms with Gasteiger partial charge in [0.2, 0.25) is 0 Å². The molecule has 4 aromatic rings. The zero-order valence-electron chi connectivity index (χ0n) is 17.3. The summed E-state index contributed by atoms with van der Waals surface area (Å²) >= 11 is 1.74. The lowest BCUT2D eigenvalue weighted by molar-refractivity contribution is 0.245. The van der Waals surface area contributed by atoms with Crippen molar-refractivity contribution in [2.24, 2.45) is 0 Å². The average Bonchev–Trinajstić information content (AvgIpc) is 3.28. The van der Waals surface area contributed by atoms with Crippen molar-refractivity contribution in [3.8, 4) is 27.7 Å². The molecule has 0 unspecified atom stereocenters. The van der Waals surface area contributed by atoms with E-state index in [2.05, 4.69) is 27.0 Å². The highest BCUT2D eigenvalue weighted by Crippen LogP contribution is 2.29. The van der Waals surface area contributed by atoms with Crippen LogP contribution in [0.3, 0.4) is 0 Å². The van der Waals surface area contributed by atoms with Gasteiger partial charge >= 0.3 is 0 Å². The van der Waals surface area contributed by atoms with Crippen molar-refractivity contribution in [3.05, 3.63) is 77.1 Å². The normalized spacial score (nSPS) is 13.7. The second-order valence-corrected chi connectivity index (χ2v) is 8.72. The Labute approximate surface area is 185 Å². The van der Waals surface area contributed by atoms with Crippen LogP contribution in [0.15, 0.2) is 60.9 Å². The lowest BCUT2D eigenvalue weighted by Crippen LogP contribution is -2.30. The molecule has 0 spiro atoms. The first-order valence-electron chi connectivity index (χ1n) is 10.2. The van der Waals surface area contributed by atoms with Crippen molar-refractivity contribution in [2.45, 2.75) is 19.5 Å². The summed E-state index contributed by atoms with van der Waals surface area (Å²) < 4.78 is 5.24. The fourth-order valence-corrected chi connectivity index (χ4v) is 4.71. The summed E-state index contributed by atoms with van der Waals surface area (Å²) in [6.45, 7) is 2.71. The van der Waals surface area contributed by atoms with Gasteiger partial charge in [0.25, 0.3) is 0 Å². The lowest BCUT2D eigenvalue weighted by atomic mass is 10.1. The van der Waals surface area contributed by atoms with Gasteiger partial charge in [-0.1, -0.05) is 0 Å². The van der Waals surface area contributed by atoms with Crippen molar-refractivity contribution < 1.29 is 4.74 Å². The maximum atomic E-state index is 5.79. The first-order chi connectivity index (χ1) is 15.2. The van der Waals surface area contributed by atoms with E-state index in [1.807, 2.05) is 48.8 Å². The van der Waals surface area contributed by atoms with Crippen LogP contribution < -0.4 is 10.5 Å². The first-order valence-corrected chi connectivity index (χ1v) is 11.0. The number of nitrogens with two attached hydrogens (primary N) is 1. The predicted octanol–water partition coefficient (Wildman–Crippen LogP) is 4.42. The van der Waals surface area contributed by atoms with E-state index in [0.29, 0.717) is 0 Å². The molecule has 31 heavy (non-hydrogen) atoms. The molecule has 1 aliphatic heterocycles. The molecule has 0 fully saturated rings. The molecule has 0 saturated carbocycles. The molecule has 2 N–H and O–H groups in total. The lowest BCUT2D eigenvalue weighted by Gasteiger charge is -2.27. The number of methoxy groups -OCH3 is 1. The minimum Gasteiger partial charge on any atom is -0.497 e. The number of aromatic nitrogens is 3. The van der Waals surface area contributed by atoms with Gasteiger partial charge in [0, 0.05) is 65.7 Å². The number of ether oxygens (including phenoxy) is 1. The number of hydrogen-bond donors (Lipinski definition) is 1. The molecule has 0 saturated heterocycles. The van der Waals surface area contributed by atoms with E-state index < -0.39 is 0 Å². The van der Waals surface area contributed by atoms with Crippen LogP contribution in [0.5, 0.6) is 5.75 Å². The Balaban J connectivity index is 1.27. The van der Waals surface area contributed by atoms with Crippen molar-refractivity contribution in [1.29, 1.82) is 0 Å². The Morgan fingerprint density at radius 1 is 1.00 bits per heavy atom. The number of hydrogen-bond acceptors (Lipinski definition) is 7. The number of nitrogens with zero attached hydrogens (tertiary/aromatic N) is 4. The smallest absolute Gasteiger partial charge is 0.159 e.